The number of ketones is 1. The number of sulfonamides is 1. The molecule has 1 saturated carbocycles. The van der Waals surface area contributed by atoms with Crippen molar-refractivity contribution in [2.75, 3.05) is 26.2 Å². The smallest absolute Gasteiger partial charge is 0.243 e. The number of piperazine rings is 1. The first-order valence-corrected chi connectivity index (χ1v) is 12.9. The Morgan fingerprint density at radius 3 is 2.47 bits per heavy atom. The number of aryl methyl sites for hydroxylation is 2. The van der Waals surface area contributed by atoms with E-state index in [1.807, 2.05) is 13.0 Å². The van der Waals surface area contributed by atoms with E-state index in [1.165, 1.54) is 25.7 Å². The summed E-state index contributed by atoms with van der Waals surface area (Å²) in [5.74, 6) is 0.170. The number of benzene rings is 1. The predicted molar refractivity (Wildman–Crippen MR) is 118 cm³/mol. The number of aromatic nitrogens is 1. The van der Waals surface area contributed by atoms with E-state index in [0.717, 1.165) is 53.7 Å². The Balaban J connectivity index is 1.46. The number of carbonyl (C=O) groups is 1. The van der Waals surface area contributed by atoms with Crippen molar-refractivity contribution in [3.05, 3.63) is 29.0 Å². The maximum Gasteiger partial charge on any atom is 0.243 e. The highest BCUT2D eigenvalue weighted by Gasteiger charge is 2.34. The molecular formula is C23H31N3O3S. The maximum absolute atomic E-state index is 13.6. The average molecular weight is 430 g/mol. The van der Waals surface area contributed by atoms with Gasteiger partial charge in [-0.15, -0.1) is 0 Å². The van der Waals surface area contributed by atoms with E-state index in [0.29, 0.717) is 36.9 Å². The zero-order valence-electron chi connectivity index (χ0n) is 17.7. The van der Waals surface area contributed by atoms with Gasteiger partial charge < -0.3 is 4.98 Å². The Hall–Kier alpha value is -1.70. The molecule has 0 amide bonds. The number of hydrogen-bond acceptors (Lipinski definition) is 4. The lowest BCUT2D eigenvalue weighted by molar-refractivity contribution is 0.0974. The molecule has 30 heavy (non-hydrogen) atoms. The van der Waals surface area contributed by atoms with Gasteiger partial charge in [-0.3, -0.25) is 9.69 Å². The number of hydrogen-bond donors (Lipinski definition) is 1. The summed E-state index contributed by atoms with van der Waals surface area (Å²) in [7, 11) is -3.56. The molecule has 2 fully saturated rings. The van der Waals surface area contributed by atoms with Crippen molar-refractivity contribution in [2.45, 2.75) is 69.2 Å². The Morgan fingerprint density at radius 1 is 1.03 bits per heavy atom. The van der Waals surface area contributed by atoms with Gasteiger partial charge in [-0.05, 0) is 49.8 Å². The number of nitrogens with one attached hydrogen (secondary N) is 1. The van der Waals surface area contributed by atoms with Crippen molar-refractivity contribution < 1.29 is 13.2 Å². The van der Waals surface area contributed by atoms with Crippen LogP contribution in [0.5, 0.6) is 0 Å². The molecular weight excluding hydrogens is 398 g/mol. The fourth-order valence-electron chi connectivity index (χ4n) is 5.61. The number of aromatic amines is 1. The van der Waals surface area contributed by atoms with Gasteiger partial charge in [-0.1, -0.05) is 19.8 Å². The fourth-order valence-corrected chi connectivity index (χ4v) is 7.34. The monoisotopic (exact) mass is 429 g/mol. The summed E-state index contributed by atoms with van der Waals surface area (Å²) in [5.41, 5.74) is 3.32. The predicted octanol–water partition coefficient (Wildman–Crippen LogP) is 3.50. The summed E-state index contributed by atoms with van der Waals surface area (Å²) in [6, 6.07) is 4.36. The minimum Gasteiger partial charge on any atom is -0.358 e. The standard InChI is InChI=1S/C23H31N3O3S/c1-2-16-14-18-20(24-19-8-5-9-21(27)23(18)19)15-22(16)30(28,29)26-12-10-25(11-13-26)17-6-3-4-7-17/h14-15,17,24H,2-13H2,1H3. The van der Waals surface area contributed by atoms with E-state index in [9.17, 15) is 13.2 Å². The third-order valence-electron chi connectivity index (χ3n) is 7.28. The molecule has 0 bridgehead atoms. The van der Waals surface area contributed by atoms with E-state index < -0.39 is 10.0 Å². The molecule has 2 aliphatic carbocycles. The van der Waals surface area contributed by atoms with Gasteiger partial charge in [-0.2, -0.15) is 4.31 Å². The first kappa shape index (κ1) is 20.2. The molecule has 7 heteroatoms. The Kier molecular flexibility index (Phi) is 5.24. The number of Topliss-reactive ketones (excluding diaryl/α,β-unsaturated/α-hetero) is 1. The van der Waals surface area contributed by atoms with Crippen LogP contribution in [-0.2, 0) is 22.9 Å². The Bertz CT molecular complexity index is 1070. The highest BCUT2D eigenvalue weighted by Crippen LogP contribution is 2.34. The second-order valence-corrected chi connectivity index (χ2v) is 10.9. The van der Waals surface area contributed by atoms with E-state index >= 15 is 0 Å². The lowest BCUT2D eigenvalue weighted by atomic mass is 9.94. The molecule has 1 saturated heterocycles. The number of H-pyrrole nitrogens is 1. The normalized spacial score (nSPS) is 22.1. The first-order chi connectivity index (χ1) is 14.5. The van der Waals surface area contributed by atoms with Crippen LogP contribution in [0.3, 0.4) is 0 Å². The van der Waals surface area contributed by atoms with Crippen LogP contribution in [0.4, 0.5) is 0 Å². The molecule has 3 aliphatic rings. The van der Waals surface area contributed by atoms with Crippen molar-refractivity contribution in [1.82, 2.24) is 14.2 Å². The highest BCUT2D eigenvalue weighted by atomic mass is 32.2. The minimum absolute atomic E-state index is 0.170. The number of nitrogens with zero attached hydrogens (tertiary/aromatic N) is 2. The molecule has 0 unspecified atom stereocenters. The molecule has 1 N–H and O–H groups in total. The van der Waals surface area contributed by atoms with Gasteiger partial charge in [0.2, 0.25) is 10.0 Å². The van der Waals surface area contributed by atoms with Gasteiger partial charge >= 0.3 is 0 Å². The van der Waals surface area contributed by atoms with Crippen molar-refractivity contribution >= 4 is 26.7 Å². The molecule has 1 aliphatic heterocycles. The second kappa shape index (κ2) is 7.77. The van der Waals surface area contributed by atoms with Crippen molar-refractivity contribution in [1.29, 1.82) is 0 Å². The summed E-state index contributed by atoms with van der Waals surface area (Å²) in [4.78, 5) is 18.7. The number of rotatable bonds is 4. The Morgan fingerprint density at radius 2 is 1.77 bits per heavy atom. The molecule has 6 nitrogen and oxygen atoms in total. The third-order valence-corrected chi connectivity index (χ3v) is 9.26. The molecule has 0 atom stereocenters. The summed E-state index contributed by atoms with van der Waals surface area (Å²) in [5, 5.41) is 0.886. The van der Waals surface area contributed by atoms with Crippen LogP contribution in [0.15, 0.2) is 17.0 Å². The summed E-state index contributed by atoms with van der Waals surface area (Å²) < 4.78 is 28.8. The van der Waals surface area contributed by atoms with Crippen LogP contribution in [0.25, 0.3) is 10.9 Å². The molecule has 5 rings (SSSR count). The van der Waals surface area contributed by atoms with Gasteiger partial charge in [-0.25, -0.2) is 8.42 Å². The molecule has 2 aromatic rings. The lowest BCUT2D eigenvalue weighted by Crippen LogP contribution is -2.51. The van der Waals surface area contributed by atoms with Gasteiger partial charge in [0.25, 0.3) is 0 Å². The van der Waals surface area contributed by atoms with E-state index in [-0.39, 0.29) is 5.78 Å². The lowest BCUT2D eigenvalue weighted by Gasteiger charge is -2.37. The molecule has 0 radical (unpaired) electrons. The van der Waals surface area contributed by atoms with E-state index in [1.54, 1.807) is 10.4 Å². The molecule has 0 spiro atoms. The average Bonchev–Trinajstić information content (AvgIpc) is 3.41. The van der Waals surface area contributed by atoms with E-state index in [4.69, 9.17) is 0 Å². The van der Waals surface area contributed by atoms with Crippen LogP contribution in [0, 0.1) is 0 Å². The van der Waals surface area contributed by atoms with Crippen LogP contribution in [0.1, 0.15) is 67.1 Å². The third kappa shape index (κ3) is 3.31. The van der Waals surface area contributed by atoms with E-state index in [2.05, 4.69) is 9.88 Å². The highest BCUT2D eigenvalue weighted by molar-refractivity contribution is 7.89. The zero-order chi connectivity index (χ0) is 20.9. The second-order valence-electron chi connectivity index (χ2n) is 8.99. The SMILES string of the molecule is CCc1cc2c3c([nH]c2cc1S(=O)(=O)N1CCN(C2CCCC2)CC1)CCCC3=O. The summed E-state index contributed by atoms with van der Waals surface area (Å²) in [6.45, 7) is 4.73. The number of carbonyl (C=O) groups excluding carboxylic acids is 1. The molecule has 162 valence electrons. The number of fused-ring (bicyclic) bond motifs is 3. The first-order valence-electron chi connectivity index (χ1n) is 11.4. The summed E-state index contributed by atoms with van der Waals surface area (Å²) in [6.07, 6.45) is 8.00. The van der Waals surface area contributed by atoms with Gasteiger partial charge in [0.05, 0.1) is 4.90 Å². The largest absolute Gasteiger partial charge is 0.358 e. The van der Waals surface area contributed by atoms with Gasteiger partial charge in [0.15, 0.2) is 5.78 Å². The van der Waals surface area contributed by atoms with Crippen LogP contribution in [-0.4, -0.2) is 60.6 Å². The molecule has 1 aromatic heterocycles. The molecule has 2 heterocycles. The summed E-state index contributed by atoms with van der Waals surface area (Å²) >= 11 is 0. The van der Waals surface area contributed by atoms with Crippen molar-refractivity contribution in [2.24, 2.45) is 0 Å². The quantitative estimate of drug-likeness (QED) is 0.807. The minimum atomic E-state index is -3.56. The maximum atomic E-state index is 13.6. The molecule has 1 aromatic carbocycles. The van der Waals surface area contributed by atoms with Crippen LogP contribution < -0.4 is 0 Å². The topological polar surface area (TPSA) is 73.5 Å². The van der Waals surface area contributed by atoms with Gasteiger partial charge in [0, 0.05) is 60.8 Å². The zero-order valence-corrected chi connectivity index (χ0v) is 18.6. The van der Waals surface area contributed by atoms with Crippen molar-refractivity contribution in [3.63, 3.8) is 0 Å². The fraction of sp³-hybridized carbons (Fsp3) is 0.609. The van der Waals surface area contributed by atoms with Crippen molar-refractivity contribution in [3.8, 4) is 0 Å². The van der Waals surface area contributed by atoms with Gasteiger partial charge in [0.1, 0.15) is 0 Å². The Labute approximate surface area is 178 Å². The van der Waals surface area contributed by atoms with Crippen LogP contribution >= 0.6 is 0 Å². The van der Waals surface area contributed by atoms with Crippen LogP contribution in [0.2, 0.25) is 0 Å².